The molecule has 0 N–H and O–H groups in total. The molecule has 0 atom stereocenters. The first-order chi connectivity index (χ1) is 8.84. The molecule has 100 valence electrons. The van der Waals surface area contributed by atoms with Crippen molar-refractivity contribution in [3.05, 3.63) is 51.8 Å². The van der Waals surface area contributed by atoms with Gasteiger partial charge in [-0.25, -0.2) is 0 Å². The molecule has 0 spiro atoms. The Hall–Kier alpha value is -1.46. The number of carbonyl (C=O) groups excluding carboxylic acids is 1. The predicted octanol–water partition coefficient (Wildman–Crippen LogP) is 4.62. The van der Waals surface area contributed by atoms with Crippen LogP contribution in [-0.4, -0.2) is 10.9 Å². The van der Waals surface area contributed by atoms with Gasteiger partial charge in [0.15, 0.2) is 6.29 Å². The van der Waals surface area contributed by atoms with Gasteiger partial charge in [-0.15, -0.1) is 0 Å². The molecule has 0 bridgehead atoms. The average Bonchev–Trinajstić information content (AvgIpc) is 2.74. The van der Waals surface area contributed by atoms with Crippen molar-refractivity contribution in [1.29, 1.82) is 0 Å². The van der Waals surface area contributed by atoms with Crippen LogP contribution in [-0.2, 0) is 6.18 Å². The Balaban J connectivity index is 2.79. The summed E-state index contributed by atoms with van der Waals surface area (Å²) in [6, 6.07) is 4.81. The van der Waals surface area contributed by atoms with E-state index in [1.54, 1.807) is 0 Å². The van der Waals surface area contributed by atoms with Gasteiger partial charge in [-0.3, -0.25) is 4.79 Å². The minimum Gasteiger partial charge on any atom is -0.312 e. The molecule has 2 aromatic rings. The van der Waals surface area contributed by atoms with Crippen LogP contribution in [0, 0.1) is 0 Å². The lowest BCUT2D eigenvalue weighted by Crippen LogP contribution is -2.12. The van der Waals surface area contributed by atoms with Crippen LogP contribution in [0.1, 0.15) is 16.1 Å². The van der Waals surface area contributed by atoms with Gasteiger partial charge in [0.05, 0.1) is 22.0 Å². The molecule has 0 radical (unpaired) electrons. The zero-order valence-corrected chi connectivity index (χ0v) is 10.7. The van der Waals surface area contributed by atoms with E-state index in [9.17, 15) is 18.0 Å². The van der Waals surface area contributed by atoms with Crippen LogP contribution in [0.5, 0.6) is 0 Å². The number of rotatable bonds is 2. The van der Waals surface area contributed by atoms with Gasteiger partial charge in [-0.1, -0.05) is 23.2 Å². The molecule has 0 aliphatic heterocycles. The van der Waals surface area contributed by atoms with E-state index in [4.69, 9.17) is 23.2 Å². The molecule has 2 rings (SSSR count). The largest absolute Gasteiger partial charge is 0.418 e. The molecule has 2 nitrogen and oxygen atoms in total. The third-order valence-corrected chi connectivity index (χ3v) is 2.98. The van der Waals surface area contributed by atoms with Gasteiger partial charge in [0.2, 0.25) is 0 Å². The Morgan fingerprint density at radius 1 is 1.21 bits per heavy atom. The number of nitrogens with zero attached hydrogens (tertiary/aromatic N) is 1. The van der Waals surface area contributed by atoms with Crippen LogP contribution in [0.2, 0.25) is 10.0 Å². The van der Waals surface area contributed by atoms with Crippen LogP contribution >= 0.6 is 23.2 Å². The molecular weight excluding hydrogens is 302 g/mol. The molecule has 19 heavy (non-hydrogen) atoms. The Morgan fingerprint density at radius 2 is 1.89 bits per heavy atom. The van der Waals surface area contributed by atoms with Gasteiger partial charge in [-0.2, -0.15) is 13.2 Å². The van der Waals surface area contributed by atoms with E-state index in [1.165, 1.54) is 24.4 Å². The second-order valence-electron chi connectivity index (χ2n) is 3.70. The van der Waals surface area contributed by atoms with Crippen LogP contribution in [0.25, 0.3) is 5.69 Å². The zero-order valence-electron chi connectivity index (χ0n) is 9.21. The summed E-state index contributed by atoms with van der Waals surface area (Å²) in [5, 5.41) is -0.306. The molecule has 0 unspecified atom stereocenters. The topological polar surface area (TPSA) is 22.0 Å². The first-order valence-electron chi connectivity index (χ1n) is 5.03. The molecule has 0 saturated heterocycles. The quantitative estimate of drug-likeness (QED) is 0.742. The van der Waals surface area contributed by atoms with E-state index in [0.29, 0.717) is 6.29 Å². The number of aromatic nitrogens is 1. The summed E-state index contributed by atoms with van der Waals surface area (Å²) in [6.45, 7) is 0. The smallest absolute Gasteiger partial charge is 0.312 e. The molecule has 0 aliphatic carbocycles. The maximum Gasteiger partial charge on any atom is 0.418 e. The van der Waals surface area contributed by atoms with E-state index >= 15 is 0 Å². The SMILES string of the molecule is O=Cc1cccn1-c1c(Cl)cc(Cl)cc1C(F)(F)F. The lowest BCUT2D eigenvalue weighted by Gasteiger charge is -2.16. The lowest BCUT2D eigenvalue weighted by atomic mass is 10.1. The molecule has 1 aromatic carbocycles. The number of halogens is 5. The number of hydrogen-bond donors (Lipinski definition) is 0. The molecule has 0 fully saturated rings. The number of carbonyl (C=O) groups is 1. The molecule has 0 amide bonds. The fraction of sp³-hybridized carbons (Fsp3) is 0.0833. The summed E-state index contributed by atoms with van der Waals surface area (Å²) < 4.78 is 40.1. The van der Waals surface area contributed by atoms with Gasteiger partial charge in [0.25, 0.3) is 0 Å². The molecule has 0 aliphatic rings. The average molecular weight is 308 g/mol. The summed E-state index contributed by atoms with van der Waals surface area (Å²) in [6.07, 6.45) is -2.85. The molecule has 7 heteroatoms. The highest BCUT2D eigenvalue weighted by Crippen LogP contribution is 2.39. The van der Waals surface area contributed by atoms with Crippen LogP contribution in [0.15, 0.2) is 30.5 Å². The van der Waals surface area contributed by atoms with Gasteiger partial charge in [-0.05, 0) is 24.3 Å². The Morgan fingerprint density at radius 3 is 2.47 bits per heavy atom. The van der Waals surface area contributed by atoms with Crippen molar-refractivity contribution < 1.29 is 18.0 Å². The van der Waals surface area contributed by atoms with Crippen molar-refractivity contribution in [1.82, 2.24) is 4.57 Å². The van der Waals surface area contributed by atoms with Gasteiger partial charge < -0.3 is 4.57 Å². The monoisotopic (exact) mass is 307 g/mol. The highest BCUT2D eigenvalue weighted by Gasteiger charge is 2.35. The Bertz CT molecular complexity index is 634. The van der Waals surface area contributed by atoms with Gasteiger partial charge >= 0.3 is 6.18 Å². The van der Waals surface area contributed by atoms with E-state index in [-0.39, 0.29) is 21.4 Å². The van der Waals surface area contributed by atoms with E-state index < -0.39 is 11.7 Å². The normalized spacial score (nSPS) is 11.6. The lowest BCUT2D eigenvalue weighted by molar-refractivity contribution is -0.137. The van der Waals surface area contributed by atoms with Crippen molar-refractivity contribution >= 4 is 29.5 Å². The fourth-order valence-corrected chi connectivity index (χ4v) is 2.31. The zero-order chi connectivity index (χ0) is 14.2. The Kier molecular flexibility index (Phi) is 3.60. The van der Waals surface area contributed by atoms with Gasteiger partial charge in [0.1, 0.15) is 0 Å². The van der Waals surface area contributed by atoms with Crippen molar-refractivity contribution in [3.8, 4) is 5.69 Å². The first kappa shape index (κ1) is 14.0. The van der Waals surface area contributed by atoms with Crippen molar-refractivity contribution in [2.45, 2.75) is 6.18 Å². The van der Waals surface area contributed by atoms with Crippen molar-refractivity contribution in [3.63, 3.8) is 0 Å². The summed E-state index contributed by atoms with van der Waals surface area (Å²) >= 11 is 11.4. The molecule has 1 heterocycles. The Labute approximate surface area is 116 Å². The summed E-state index contributed by atoms with van der Waals surface area (Å²) in [5.41, 5.74) is -1.25. The minimum absolute atomic E-state index is 0.0646. The standard InChI is InChI=1S/C12H6Cl2F3NO/c13-7-4-9(12(15,16)17)11(10(14)5-7)18-3-1-2-8(18)6-19/h1-6H. The van der Waals surface area contributed by atoms with Crippen molar-refractivity contribution in [2.24, 2.45) is 0 Å². The minimum atomic E-state index is -4.63. The third kappa shape index (κ3) is 2.62. The highest BCUT2D eigenvalue weighted by molar-refractivity contribution is 6.36. The van der Waals surface area contributed by atoms with Gasteiger partial charge in [0, 0.05) is 11.2 Å². The summed E-state index contributed by atoms with van der Waals surface area (Å²) in [4.78, 5) is 10.8. The molecular formula is C12H6Cl2F3NO. The summed E-state index contributed by atoms with van der Waals surface area (Å²) in [7, 11) is 0. The van der Waals surface area contributed by atoms with Crippen LogP contribution in [0.4, 0.5) is 13.2 Å². The first-order valence-corrected chi connectivity index (χ1v) is 5.79. The number of aldehydes is 1. The van der Waals surface area contributed by atoms with E-state index in [2.05, 4.69) is 0 Å². The van der Waals surface area contributed by atoms with Crippen LogP contribution < -0.4 is 0 Å². The maximum absolute atomic E-state index is 13.0. The molecule has 1 aromatic heterocycles. The second kappa shape index (κ2) is 4.90. The maximum atomic E-state index is 13.0. The van der Waals surface area contributed by atoms with Crippen molar-refractivity contribution in [2.75, 3.05) is 0 Å². The molecule has 0 saturated carbocycles. The second-order valence-corrected chi connectivity index (χ2v) is 4.55. The van der Waals surface area contributed by atoms with E-state index in [0.717, 1.165) is 10.6 Å². The van der Waals surface area contributed by atoms with Crippen LogP contribution in [0.3, 0.4) is 0 Å². The number of hydrogen-bond acceptors (Lipinski definition) is 1. The van der Waals surface area contributed by atoms with E-state index in [1.807, 2.05) is 0 Å². The highest BCUT2D eigenvalue weighted by atomic mass is 35.5. The number of benzene rings is 1. The fourth-order valence-electron chi connectivity index (χ4n) is 1.72. The summed E-state index contributed by atoms with van der Waals surface area (Å²) in [5.74, 6) is 0. The third-order valence-electron chi connectivity index (χ3n) is 2.48. The number of alkyl halides is 3. The predicted molar refractivity (Wildman–Crippen MR) is 66.2 cm³/mol.